The molecule has 6 nitrogen and oxygen atoms in total. The quantitative estimate of drug-likeness (QED) is 0.624. The molecule has 1 rings (SSSR count). The van der Waals surface area contributed by atoms with E-state index >= 15 is 0 Å². The Morgan fingerprint density at radius 2 is 1.95 bits per heavy atom. The molecule has 0 aromatic heterocycles. The number of carboxylic acid groups (broad SMARTS) is 1. The van der Waals surface area contributed by atoms with Gasteiger partial charge in [0.15, 0.2) is 0 Å². The molecule has 122 valence electrons. The number of aliphatic carboxylic acids is 1. The van der Waals surface area contributed by atoms with Gasteiger partial charge in [0.1, 0.15) is 0 Å². The smallest absolute Gasteiger partial charge is 0.306 e. The summed E-state index contributed by atoms with van der Waals surface area (Å²) in [7, 11) is 0. The Morgan fingerprint density at radius 1 is 1.29 bits per heavy atom. The van der Waals surface area contributed by atoms with Crippen molar-refractivity contribution in [3.63, 3.8) is 0 Å². The van der Waals surface area contributed by atoms with Gasteiger partial charge in [-0.15, -0.1) is 0 Å². The summed E-state index contributed by atoms with van der Waals surface area (Å²) >= 11 is 0. The maximum absolute atomic E-state index is 11.9. The minimum absolute atomic E-state index is 0.0669. The van der Waals surface area contributed by atoms with Gasteiger partial charge in [0.05, 0.1) is 18.6 Å². The average Bonchev–Trinajstić information content (AvgIpc) is 2.45. The molecule has 0 radical (unpaired) electrons. The molecule has 0 atom stereocenters. The Hall–Kier alpha value is -1.14. The normalized spacial score (nSPS) is 16.4. The first kappa shape index (κ1) is 17.9. The molecule has 0 spiro atoms. The van der Waals surface area contributed by atoms with Crippen LogP contribution in [0, 0.1) is 5.92 Å². The second-order valence-electron chi connectivity index (χ2n) is 5.80. The molecule has 0 bridgehead atoms. The molecule has 0 unspecified atom stereocenters. The number of nitrogens with zero attached hydrogens (tertiary/aromatic N) is 1. The monoisotopic (exact) mass is 300 g/mol. The van der Waals surface area contributed by atoms with E-state index in [-0.39, 0.29) is 17.9 Å². The van der Waals surface area contributed by atoms with E-state index in [4.69, 9.17) is 9.84 Å². The lowest BCUT2D eigenvalue weighted by Gasteiger charge is -2.30. The molecule has 2 N–H and O–H groups in total. The average molecular weight is 300 g/mol. The van der Waals surface area contributed by atoms with Crippen LogP contribution < -0.4 is 5.32 Å². The van der Waals surface area contributed by atoms with Crippen molar-refractivity contribution in [2.24, 2.45) is 5.92 Å². The molecular weight excluding hydrogens is 272 g/mol. The third kappa shape index (κ3) is 7.43. The third-order valence-electron chi connectivity index (χ3n) is 3.67. The molecule has 0 aromatic carbocycles. The highest BCUT2D eigenvalue weighted by Crippen LogP contribution is 2.17. The van der Waals surface area contributed by atoms with Crippen LogP contribution in [0.4, 0.5) is 0 Å². The lowest BCUT2D eigenvalue weighted by Crippen LogP contribution is -2.44. The van der Waals surface area contributed by atoms with E-state index in [2.05, 4.69) is 5.32 Å². The summed E-state index contributed by atoms with van der Waals surface area (Å²) in [6.45, 7) is 7.05. The molecule has 1 fully saturated rings. The van der Waals surface area contributed by atoms with E-state index < -0.39 is 5.97 Å². The number of rotatable bonds is 9. The standard InChI is InChI=1S/C15H28N2O4/c1-12(2)21-10-4-3-7-16-11-14(18)17-8-5-13(6-9-17)15(19)20/h12-13,16H,3-11H2,1-2H3,(H,19,20). The molecule has 21 heavy (non-hydrogen) atoms. The Kier molecular flexibility index (Phi) is 8.30. The molecule has 6 heteroatoms. The first-order valence-corrected chi connectivity index (χ1v) is 7.83. The summed E-state index contributed by atoms with van der Waals surface area (Å²) < 4.78 is 5.44. The molecule has 1 amide bonds. The number of unbranched alkanes of at least 4 members (excludes halogenated alkanes) is 1. The summed E-state index contributed by atoms with van der Waals surface area (Å²) in [5.74, 6) is -0.968. The van der Waals surface area contributed by atoms with E-state index in [9.17, 15) is 9.59 Å². The highest BCUT2D eigenvalue weighted by Gasteiger charge is 2.26. The van der Waals surface area contributed by atoms with Gasteiger partial charge >= 0.3 is 5.97 Å². The summed E-state index contributed by atoms with van der Waals surface area (Å²) in [4.78, 5) is 24.5. The van der Waals surface area contributed by atoms with Crippen molar-refractivity contribution in [3.05, 3.63) is 0 Å². The fraction of sp³-hybridized carbons (Fsp3) is 0.867. The minimum atomic E-state index is -0.746. The number of hydrogen-bond donors (Lipinski definition) is 2. The van der Waals surface area contributed by atoms with Crippen LogP contribution >= 0.6 is 0 Å². The molecule has 1 heterocycles. The number of carbonyl (C=O) groups is 2. The van der Waals surface area contributed by atoms with Crippen LogP contribution in [0.3, 0.4) is 0 Å². The van der Waals surface area contributed by atoms with Crippen molar-refractivity contribution in [2.45, 2.75) is 45.6 Å². The van der Waals surface area contributed by atoms with Crippen LogP contribution in [0.2, 0.25) is 0 Å². The van der Waals surface area contributed by atoms with Gasteiger partial charge in [-0.25, -0.2) is 0 Å². The predicted octanol–water partition coefficient (Wildman–Crippen LogP) is 1.10. The summed E-state index contributed by atoms with van der Waals surface area (Å²) in [6, 6.07) is 0. The first-order chi connectivity index (χ1) is 10.0. The number of nitrogens with one attached hydrogen (secondary N) is 1. The number of amides is 1. The fourth-order valence-corrected chi connectivity index (χ4v) is 2.35. The van der Waals surface area contributed by atoms with Crippen LogP contribution in [-0.4, -0.2) is 60.8 Å². The summed E-state index contributed by atoms with van der Waals surface area (Å²) in [6.07, 6.45) is 3.37. The van der Waals surface area contributed by atoms with Gasteiger partial charge in [0.2, 0.25) is 5.91 Å². The number of likely N-dealkylation sites (tertiary alicyclic amines) is 1. The zero-order valence-electron chi connectivity index (χ0n) is 13.1. The van der Waals surface area contributed by atoms with E-state index in [1.807, 2.05) is 13.8 Å². The zero-order chi connectivity index (χ0) is 15.7. The Morgan fingerprint density at radius 3 is 2.52 bits per heavy atom. The number of ether oxygens (including phenoxy) is 1. The van der Waals surface area contributed by atoms with Gasteiger partial charge in [-0.05, 0) is 46.1 Å². The SMILES string of the molecule is CC(C)OCCCCNCC(=O)N1CCC(C(=O)O)CC1. The molecule has 0 aliphatic carbocycles. The van der Waals surface area contributed by atoms with Gasteiger partial charge < -0.3 is 20.1 Å². The van der Waals surface area contributed by atoms with Crippen LogP contribution in [0.25, 0.3) is 0 Å². The fourth-order valence-electron chi connectivity index (χ4n) is 2.35. The van der Waals surface area contributed by atoms with Gasteiger partial charge in [0.25, 0.3) is 0 Å². The van der Waals surface area contributed by atoms with Crippen molar-refractivity contribution in [1.82, 2.24) is 10.2 Å². The number of piperidine rings is 1. The summed E-state index contributed by atoms with van der Waals surface area (Å²) in [5, 5.41) is 12.1. The lowest BCUT2D eigenvalue weighted by molar-refractivity contribution is -0.145. The highest BCUT2D eigenvalue weighted by atomic mass is 16.5. The van der Waals surface area contributed by atoms with Crippen molar-refractivity contribution >= 4 is 11.9 Å². The van der Waals surface area contributed by atoms with Crippen LogP contribution in [-0.2, 0) is 14.3 Å². The maximum Gasteiger partial charge on any atom is 0.306 e. The van der Waals surface area contributed by atoms with Gasteiger partial charge in [0, 0.05) is 19.7 Å². The zero-order valence-corrected chi connectivity index (χ0v) is 13.1. The van der Waals surface area contributed by atoms with Gasteiger partial charge in [-0.2, -0.15) is 0 Å². The largest absolute Gasteiger partial charge is 0.481 e. The van der Waals surface area contributed by atoms with E-state index in [1.165, 1.54) is 0 Å². The first-order valence-electron chi connectivity index (χ1n) is 7.83. The van der Waals surface area contributed by atoms with E-state index in [0.717, 1.165) is 26.0 Å². The second kappa shape index (κ2) is 9.73. The number of carboxylic acids is 1. The molecule has 1 saturated heterocycles. The molecule has 1 aliphatic heterocycles. The Balaban J connectivity index is 2.03. The summed E-state index contributed by atoms with van der Waals surface area (Å²) in [5.41, 5.74) is 0. The van der Waals surface area contributed by atoms with Gasteiger partial charge in [-0.1, -0.05) is 0 Å². The number of carbonyl (C=O) groups excluding carboxylic acids is 1. The Bertz CT molecular complexity index is 326. The Labute approximate surface area is 126 Å². The van der Waals surface area contributed by atoms with Crippen molar-refractivity contribution in [1.29, 1.82) is 0 Å². The van der Waals surface area contributed by atoms with Crippen LogP contribution in [0.5, 0.6) is 0 Å². The minimum Gasteiger partial charge on any atom is -0.481 e. The third-order valence-corrected chi connectivity index (χ3v) is 3.67. The van der Waals surface area contributed by atoms with E-state index in [0.29, 0.717) is 32.5 Å². The molecular formula is C15H28N2O4. The molecule has 0 aromatic rings. The van der Waals surface area contributed by atoms with Crippen LogP contribution in [0.15, 0.2) is 0 Å². The molecule has 0 saturated carbocycles. The number of hydrogen-bond acceptors (Lipinski definition) is 4. The van der Waals surface area contributed by atoms with Crippen molar-refractivity contribution in [2.75, 3.05) is 32.8 Å². The van der Waals surface area contributed by atoms with Crippen LogP contribution in [0.1, 0.15) is 39.5 Å². The van der Waals surface area contributed by atoms with E-state index in [1.54, 1.807) is 4.90 Å². The maximum atomic E-state index is 11.9. The second-order valence-corrected chi connectivity index (χ2v) is 5.80. The van der Waals surface area contributed by atoms with Gasteiger partial charge in [-0.3, -0.25) is 9.59 Å². The highest BCUT2D eigenvalue weighted by molar-refractivity contribution is 5.78. The van der Waals surface area contributed by atoms with Crippen molar-refractivity contribution in [3.8, 4) is 0 Å². The van der Waals surface area contributed by atoms with Crippen molar-refractivity contribution < 1.29 is 19.4 Å². The topological polar surface area (TPSA) is 78.9 Å². The molecule has 1 aliphatic rings. The predicted molar refractivity (Wildman–Crippen MR) is 80.1 cm³/mol. The lowest BCUT2D eigenvalue weighted by atomic mass is 9.97.